The molecule has 0 aliphatic heterocycles. The number of hydrogen-bond acceptors (Lipinski definition) is 6. The monoisotopic (exact) mass is 317 g/mol. The number of carbonyl (C=O) groups excluding carboxylic acids is 1. The van der Waals surface area contributed by atoms with Gasteiger partial charge in [-0.1, -0.05) is 12.1 Å². The molecule has 0 aliphatic rings. The van der Waals surface area contributed by atoms with Crippen molar-refractivity contribution in [1.82, 2.24) is 4.72 Å². The van der Waals surface area contributed by atoms with Gasteiger partial charge in [0.15, 0.2) is 4.90 Å². The Morgan fingerprint density at radius 3 is 2.43 bits per heavy atom. The van der Waals surface area contributed by atoms with E-state index in [2.05, 4.69) is 0 Å². The van der Waals surface area contributed by atoms with E-state index in [1.165, 1.54) is 12.1 Å². The summed E-state index contributed by atoms with van der Waals surface area (Å²) in [5.41, 5.74) is 4.11. The lowest BCUT2D eigenvalue weighted by Gasteiger charge is -2.13. The summed E-state index contributed by atoms with van der Waals surface area (Å²) >= 11 is 0. The second-order valence-corrected chi connectivity index (χ2v) is 5.59. The largest absolute Gasteiger partial charge is 0.480 e. The maximum Gasteiger partial charge on any atom is 0.322 e. The SMILES string of the molecule is NC(=O)CC(NS(=O)(=O)c1ccccc1[N+](=O)[O-])C(=O)O. The number of nitrogens with zero attached hydrogens (tertiary/aromatic N) is 1. The van der Waals surface area contributed by atoms with Gasteiger partial charge in [-0.05, 0) is 6.07 Å². The molecule has 0 bridgehead atoms. The number of benzene rings is 1. The number of para-hydroxylation sites is 1. The van der Waals surface area contributed by atoms with Crippen molar-refractivity contribution in [2.75, 3.05) is 0 Å². The van der Waals surface area contributed by atoms with Gasteiger partial charge in [-0.3, -0.25) is 19.7 Å². The number of primary amides is 1. The number of nitro benzene ring substituents is 1. The summed E-state index contributed by atoms with van der Waals surface area (Å²) in [5, 5.41) is 19.6. The first kappa shape index (κ1) is 16.5. The predicted molar refractivity (Wildman–Crippen MR) is 68.7 cm³/mol. The van der Waals surface area contributed by atoms with Gasteiger partial charge in [0.05, 0.1) is 11.3 Å². The molecular formula is C10H11N3O7S. The van der Waals surface area contributed by atoms with Crippen molar-refractivity contribution in [1.29, 1.82) is 0 Å². The van der Waals surface area contributed by atoms with Crippen LogP contribution < -0.4 is 10.5 Å². The highest BCUT2D eigenvalue weighted by Gasteiger charge is 2.31. The molecule has 0 radical (unpaired) electrons. The minimum atomic E-state index is -4.51. The van der Waals surface area contributed by atoms with Crippen LogP contribution in [0.1, 0.15) is 6.42 Å². The lowest BCUT2D eigenvalue weighted by Crippen LogP contribution is -2.43. The Labute approximate surface area is 118 Å². The fourth-order valence-electron chi connectivity index (χ4n) is 1.47. The second-order valence-electron chi connectivity index (χ2n) is 3.91. The van der Waals surface area contributed by atoms with Crippen LogP contribution in [0.15, 0.2) is 29.2 Å². The van der Waals surface area contributed by atoms with Crippen molar-refractivity contribution in [3.8, 4) is 0 Å². The van der Waals surface area contributed by atoms with Crippen LogP contribution in [0, 0.1) is 10.1 Å². The molecule has 0 aromatic heterocycles. The average molecular weight is 317 g/mol. The zero-order valence-electron chi connectivity index (χ0n) is 10.4. The highest BCUT2D eigenvalue weighted by molar-refractivity contribution is 7.89. The number of aliphatic carboxylic acids is 1. The van der Waals surface area contributed by atoms with Crippen LogP contribution in [0.4, 0.5) is 5.69 Å². The standard InChI is InChI=1S/C10H11N3O7S/c11-9(14)5-6(10(15)16)12-21(19,20)8-4-2-1-3-7(8)13(17)18/h1-4,6,12H,5H2,(H2,11,14)(H,15,16). The third-order valence-electron chi connectivity index (χ3n) is 2.35. The molecule has 1 atom stereocenters. The lowest BCUT2D eigenvalue weighted by molar-refractivity contribution is -0.387. The first-order valence-electron chi connectivity index (χ1n) is 5.42. The smallest absolute Gasteiger partial charge is 0.322 e. The fraction of sp³-hybridized carbons (Fsp3) is 0.200. The molecule has 1 amide bonds. The topological polar surface area (TPSA) is 170 Å². The Balaban J connectivity index is 3.20. The van der Waals surface area contributed by atoms with Gasteiger partial charge in [0.1, 0.15) is 6.04 Å². The van der Waals surface area contributed by atoms with Gasteiger partial charge in [0.25, 0.3) is 5.69 Å². The van der Waals surface area contributed by atoms with E-state index in [0.29, 0.717) is 0 Å². The third kappa shape index (κ3) is 4.22. The Morgan fingerprint density at radius 1 is 1.38 bits per heavy atom. The van der Waals surface area contributed by atoms with Gasteiger partial charge in [-0.25, -0.2) is 8.42 Å². The quantitative estimate of drug-likeness (QED) is 0.436. The number of carbonyl (C=O) groups is 2. The van der Waals surface area contributed by atoms with Crippen molar-refractivity contribution < 1.29 is 28.0 Å². The number of rotatable bonds is 7. The van der Waals surface area contributed by atoms with Gasteiger partial charge in [-0.2, -0.15) is 4.72 Å². The summed E-state index contributed by atoms with van der Waals surface area (Å²) in [4.78, 5) is 30.8. The van der Waals surface area contributed by atoms with E-state index in [1.54, 1.807) is 4.72 Å². The normalized spacial score (nSPS) is 12.6. The zero-order valence-corrected chi connectivity index (χ0v) is 11.2. The lowest BCUT2D eigenvalue weighted by atomic mass is 10.2. The van der Waals surface area contributed by atoms with E-state index in [-0.39, 0.29) is 0 Å². The molecule has 21 heavy (non-hydrogen) atoms. The number of carboxylic acid groups (broad SMARTS) is 1. The molecule has 11 heteroatoms. The van der Waals surface area contributed by atoms with Gasteiger partial charge < -0.3 is 10.8 Å². The molecule has 4 N–H and O–H groups in total. The molecule has 0 spiro atoms. The average Bonchev–Trinajstić information content (AvgIpc) is 2.37. The van der Waals surface area contributed by atoms with Crippen LogP contribution in [0.3, 0.4) is 0 Å². The highest BCUT2D eigenvalue weighted by atomic mass is 32.2. The first-order valence-corrected chi connectivity index (χ1v) is 6.90. The number of carboxylic acids is 1. The van der Waals surface area contributed by atoms with Crippen molar-refractivity contribution in [3.63, 3.8) is 0 Å². The minimum Gasteiger partial charge on any atom is -0.480 e. The molecular weight excluding hydrogens is 306 g/mol. The summed E-state index contributed by atoms with van der Waals surface area (Å²) in [6, 6.07) is 2.59. The van der Waals surface area contributed by atoms with Crippen molar-refractivity contribution >= 4 is 27.6 Å². The molecule has 0 saturated heterocycles. The van der Waals surface area contributed by atoms with Crippen LogP contribution in [-0.4, -0.2) is 36.4 Å². The zero-order chi connectivity index (χ0) is 16.2. The molecule has 0 fully saturated rings. The molecule has 1 aromatic carbocycles. The number of nitrogens with one attached hydrogen (secondary N) is 1. The Kier molecular flexibility index (Phi) is 4.94. The highest BCUT2D eigenvalue weighted by Crippen LogP contribution is 2.23. The van der Waals surface area contributed by atoms with Gasteiger partial charge in [0, 0.05) is 6.07 Å². The number of nitro groups is 1. The van der Waals surface area contributed by atoms with Crippen LogP contribution in [0.25, 0.3) is 0 Å². The van der Waals surface area contributed by atoms with E-state index < -0.39 is 49.9 Å². The van der Waals surface area contributed by atoms with E-state index in [9.17, 15) is 28.1 Å². The van der Waals surface area contributed by atoms with Crippen molar-refractivity contribution in [2.45, 2.75) is 17.4 Å². The van der Waals surface area contributed by atoms with E-state index in [4.69, 9.17) is 10.8 Å². The van der Waals surface area contributed by atoms with Crippen molar-refractivity contribution in [3.05, 3.63) is 34.4 Å². The second kappa shape index (κ2) is 6.28. The van der Waals surface area contributed by atoms with Crippen molar-refractivity contribution in [2.24, 2.45) is 5.73 Å². The first-order chi connectivity index (χ1) is 9.65. The fourth-order valence-corrected chi connectivity index (χ4v) is 2.83. The summed E-state index contributed by atoms with van der Waals surface area (Å²) < 4.78 is 25.7. The Bertz CT molecular complexity index is 686. The van der Waals surface area contributed by atoms with E-state index in [0.717, 1.165) is 12.1 Å². The minimum absolute atomic E-state index is 0.703. The number of amides is 1. The number of hydrogen-bond donors (Lipinski definition) is 3. The van der Waals surface area contributed by atoms with Gasteiger partial charge in [0.2, 0.25) is 15.9 Å². The van der Waals surface area contributed by atoms with Crippen LogP contribution >= 0.6 is 0 Å². The summed E-state index contributed by atoms with van der Waals surface area (Å²) in [6.07, 6.45) is -0.783. The summed E-state index contributed by atoms with van der Waals surface area (Å²) in [6.45, 7) is 0. The molecule has 114 valence electrons. The molecule has 0 saturated carbocycles. The van der Waals surface area contributed by atoms with Gasteiger partial charge in [-0.15, -0.1) is 0 Å². The number of sulfonamides is 1. The summed E-state index contributed by atoms with van der Waals surface area (Å²) in [7, 11) is -4.51. The molecule has 1 aromatic rings. The molecule has 0 heterocycles. The molecule has 0 aliphatic carbocycles. The van der Waals surface area contributed by atoms with E-state index >= 15 is 0 Å². The van der Waals surface area contributed by atoms with Crippen LogP contribution in [0.5, 0.6) is 0 Å². The molecule has 10 nitrogen and oxygen atoms in total. The third-order valence-corrected chi connectivity index (χ3v) is 3.87. The summed E-state index contributed by atoms with van der Waals surface area (Å²) in [5.74, 6) is -2.66. The Morgan fingerprint density at radius 2 is 1.95 bits per heavy atom. The number of nitrogens with two attached hydrogens (primary N) is 1. The maximum atomic E-state index is 12.0. The van der Waals surface area contributed by atoms with Gasteiger partial charge >= 0.3 is 5.97 Å². The Hall–Kier alpha value is -2.53. The van der Waals surface area contributed by atoms with Crippen LogP contribution in [0.2, 0.25) is 0 Å². The van der Waals surface area contributed by atoms with Crippen LogP contribution in [-0.2, 0) is 19.6 Å². The molecule has 1 unspecified atom stereocenters. The molecule has 1 rings (SSSR count). The maximum absolute atomic E-state index is 12.0. The predicted octanol–water partition coefficient (Wildman–Crippen LogP) is -0.798. The van der Waals surface area contributed by atoms with E-state index in [1.807, 2.05) is 0 Å².